The third-order valence-electron chi connectivity index (χ3n) is 3.19. The molecule has 0 aliphatic rings. The third-order valence-corrected chi connectivity index (χ3v) is 3.19. The molecule has 0 aromatic heterocycles. The summed E-state index contributed by atoms with van der Waals surface area (Å²) in [6.07, 6.45) is 2.06. The normalized spacial score (nSPS) is 10.7. The van der Waals surface area contributed by atoms with Gasteiger partial charge in [-0.3, -0.25) is 4.79 Å². The number of methoxy groups -OCH3 is 1. The molecule has 7 heteroatoms. The molecule has 0 spiro atoms. The second-order valence-corrected chi connectivity index (χ2v) is 5.07. The van der Waals surface area contributed by atoms with Gasteiger partial charge in [0.05, 0.1) is 12.2 Å². The Labute approximate surface area is 147 Å². The molecule has 7 nitrogen and oxygen atoms in total. The maximum absolute atomic E-state index is 11.8. The van der Waals surface area contributed by atoms with E-state index in [4.69, 9.17) is 14.7 Å². The summed E-state index contributed by atoms with van der Waals surface area (Å²) in [5, 5.41) is 14.6. The summed E-state index contributed by atoms with van der Waals surface area (Å²) in [6.45, 7) is 3.50. The van der Waals surface area contributed by atoms with Gasteiger partial charge in [0.25, 0.3) is 5.91 Å². The molecule has 2 N–H and O–H groups in total. The van der Waals surface area contributed by atoms with Crippen molar-refractivity contribution in [2.45, 2.75) is 19.9 Å². The molecule has 1 amide bonds. The number of benzene rings is 1. The maximum atomic E-state index is 11.8. The Morgan fingerprint density at radius 2 is 2.00 bits per heavy atom. The highest BCUT2D eigenvalue weighted by molar-refractivity contribution is 5.97. The van der Waals surface area contributed by atoms with Crippen molar-refractivity contribution in [2.75, 3.05) is 26.9 Å². The van der Waals surface area contributed by atoms with E-state index < -0.39 is 5.91 Å². The number of esters is 1. The second kappa shape index (κ2) is 11.6. The van der Waals surface area contributed by atoms with Crippen molar-refractivity contribution >= 4 is 11.9 Å². The van der Waals surface area contributed by atoms with E-state index in [2.05, 4.69) is 10.6 Å². The van der Waals surface area contributed by atoms with Gasteiger partial charge in [0.1, 0.15) is 11.6 Å². The summed E-state index contributed by atoms with van der Waals surface area (Å²) in [5.41, 5.74) is 1.39. The molecule has 0 radical (unpaired) electrons. The zero-order chi connectivity index (χ0) is 18.5. The first-order valence-corrected chi connectivity index (χ1v) is 7.99. The number of carbonyl (C=O) groups excluding carboxylic acids is 2. The standard InChI is InChI=1S/C18H23N3O4/c1-3-25-18(23)15-7-5-14(6-8-15)12-20-13-16(11-19)17(22)21-9-4-10-24-2/h5-8,13,20H,3-4,9-10,12H2,1-2H3,(H,21,22)/b16-13-. The lowest BCUT2D eigenvalue weighted by atomic mass is 10.1. The van der Waals surface area contributed by atoms with Crippen LogP contribution in [0.25, 0.3) is 0 Å². The minimum absolute atomic E-state index is 0.000519. The molecule has 1 aromatic carbocycles. The average molecular weight is 345 g/mol. The lowest BCUT2D eigenvalue weighted by molar-refractivity contribution is -0.117. The van der Waals surface area contributed by atoms with Crippen LogP contribution in [0.3, 0.4) is 0 Å². The number of rotatable bonds is 10. The quantitative estimate of drug-likeness (QED) is 0.289. The van der Waals surface area contributed by atoms with E-state index in [1.54, 1.807) is 38.3 Å². The van der Waals surface area contributed by atoms with E-state index in [9.17, 15) is 9.59 Å². The van der Waals surface area contributed by atoms with Crippen LogP contribution in [0.1, 0.15) is 29.3 Å². The van der Waals surface area contributed by atoms with Gasteiger partial charge in [0, 0.05) is 33.0 Å². The van der Waals surface area contributed by atoms with E-state index in [1.807, 2.05) is 6.07 Å². The number of hydrogen-bond donors (Lipinski definition) is 2. The van der Waals surface area contributed by atoms with Crippen LogP contribution in [-0.4, -0.2) is 38.7 Å². The summed E-state index contributed by atoms with van der Waals surface area (Å²) >= 11 is 0. The Morgan fingerprint density at radius 3 is 2.60 bits per heavy atom. The Bertz CT molecular complexity index is 633. The molecule has 134 valence electrons. The first-order chi connectivity index (χ1) is 12.1. The maximum Gasteiger partial charge on any atom is 0.338 e. The van der Waals surface area contributed by atoms with Crippen LogP contribution >= 0.6 is 0 Å². The van der Waals surface area contributed by atoms with Gasteiger partial charge >= 0.3 is 5.97 Å². The summed E-state index contributed by atoms with van der Waals surface area (Å²) < 4.78 is 9.81. The monoisotopic (exact) mass is 345 g/mol. The first kappa shape index (κ1) is 20.2. The van der Waals surface area contributed by atoms with E-state index in [-0.39, 0.29) is 11.5 Å². The number of nitrogens with zero attached hydrogens (tertiary/aromatic N) is 1. The van der Waals surface area contributed by atoms with Gasteiger partial charge in [0.15, 0.2) is 0 Å². The number of carbonyl (C=O) groups is 2. The van der Waals surface area contributed by atoms with Crippen molar-refractivity contribution in [3.63, 3.8) is 0 Å². The van der Waals surface area contributed by atoms with E-state index in [1.165, 1.54) is 6.20 Å². The summed E-state index contributed by atoms with van der Waals surface area (Å²) in [6, 6.07) is 8.77. The number of nitriles is 1. The first-order valence-electron chi connectivity index (χ1n) is 7.99. The van der Waals surface area contributed by atoms with Crippen molar-refractivity contribution in [3.8, 4) is 6.07 Å². The van der Waals surface area contributed by atoms with Crippen LogP contribution in [0.4, 0.5) is 0 Å². The lowest BCUT2D eigenvalue weighted by Gasteiger charge is -2.06. The Kier molecular flexibility index (Phi) is 9.41. The molecule has 1 aromatic rings. The van der Waals surface area contributed by atoms with Crippen molar-refractivity contribution in [1.82, 2.24) is 10.6 Å². The zero-order valence-electron chi connectivity index (χ0n) is 14.5. The SMILES string of the molecule is CCOC(=O)c1ccc(CN/C=C(/C#N)C(=O)NCCCOC)cc1. The minimum Gasteiger partial charge on any atom is -0.462 e. The minimum atomic E-state index is -0.427. The molecule has 0 bridgehead atoms. The predicted molar refractivity (Wildman–Crippen MR) is 92.4 cm³/mol. The van der Waals surface area contributed by atoms with Gasteiger partial charge < -0.3 is 20.1 Å². The molecule has 0 aliphatic carbocycles. The molecule has 0 heterocycles. The molecule has 0 saturated heterocycles. The number of nitrogens with one attached hydrogen (secondary N) is 2. The highest BCUT2D eigenvalue weighted by Crippen LogP contribution is 2.06. The zero-order valence-corrected chi connectivity index (χ0v) is 14.5. The third kappa shape index (κ3) is 7.50. The van der Waals surface area contributed by atoms with Crippen LogP contribution in [0.2, 0.25) is 0 Å². The molecule has 0 saturated carbocycles. The van der Waals surface area contributed by atoms with Crippen LogP contribution in [0.5, 0.6) is 0 Å². The summed E-state index contributed by atoms with van der Waals surface area (Å²) in [7, 11) is 1.59. The van der Waals surface area contributed by atoms with Gasteiger partial charge in [-0.05, 0) is 31.0 Å². The molecular weight excluding hydrogens is 322 g/mol. The average Bonchev–Trinajstić information content (AvgIpc) is 2.63. The predicted octanol–water partition coefficient (Wildman–Crippen LogP) is 1.51. The van der Waals surface area contributed by atoms with E-state index in [0.717, 1.165) is 5.56 Å². The van der Waals surface area contributed by atoms with Crippen molar-refractivity contribution < 1.29 is 19.1 Å². The Morgan fingerprint density at radius 1 is 1.28 bits per heavy atom. The molecule has 0 aliphatic heterocycles. The van der Waals surface area contributed by atoms with E-state index >= 15 is 0 Å². The van der Waals surface area contributed by atoms with E-state index in [0.29, 0.717) is 38.3 Å². The van der Waals surface area contributed by atoms with Crippen LogP contribution in [-0.2, 0) is 20.8 Å². The van der Waals surface area contributed by atoms with Crippen molar-refractivity contribution in [3.05, 3.63) is 47.2 Å². The Hall–Kier alpha value is -2.85. The van der Waals surface area contributed by atoms with Crippen LogP contribution in [0, 0.1) is 11.3 Å². The highest BCUT2D eigenvalue weighted by Gasteiger charge is 2.08. The molecule has 0 fully saturated rings. The molecular formula is C18H23N3O4. The molecule has 0 unspecified atom stereocenters. The fourth-order valence-electron chi connectivity index (χ4n) is 1.91. The Balaban J connectivity index is 2.50. The molecule has 25 heavy (non-hydrogen) atoms. The smallest absolute Gasteiger partial charge is 0.338 e. The van der Waals surface area contributed by atoms with Crippen LogP contribution < -0.4 is 10.6 Å². The number of amides is 1. The fraction of sp³-hybridized carbons (Fsp3) is 0.389. The molecule has 1 rings (SSSR count). The van der Waals surface area contributed by atoms with Crippen molar-refractivity contribution in [1.29, 1.82) is 5.26 Å². The van der Waals surface area contributed by atoms with Gasteiger partial charge in [-0.25, -0.2) is 4.79 Å². The fourth-order valence-corrected chi connectivity index (χ4v) is 1.91. The topological polar surface area (TPSA) is 100 Å². The van der Waals surface area contributed by atoms with Crippen molar-refractivity contribution in [2.24, 2.45) is 0 Å². The highest BCUT2D eigenvalue weighted by atomic mass is 16.5. The number of hydrogen-bond acceptors (Lipinski definition) is 6. The van der Waals surface area contributed by atoms with Gasteiger partial charge in [-0.1, -0.05) is 12.1 Å². The lowest BCUT2D eigenvalue weighted by Crippen LogP contribution is -2.27. The second-order valence-electron chi connectivity index (χ2n) is 5.07. The van der Waals surface area contributed by atoms with Crippen LogP contribution in [0.15, 0.2) is 36.0 Å². The van der Waals surface area contributed by atoms with Gasteiger partial charge in [-0.2, -0.15) is 5.26 Å². The summed E-state index contributed by atoms with van der Waals surface area (Å²) in [4.78, 5) is 23.4. The molecule has 0 atom stereocenters. The largest absolute Gasteiger partial charge is 0.462 e. The van der Waals surface area contributed by atoms with Gasteiger partial charge in [-0.15, -0.1) is 0 Å². The van der Waals surface area contributed by atoms with Gasteiger partial charge in [0.2, 0.25) is 0 Å². The summed E-state index contributed by atoms with van der Waals surface area (Å²) in [5.74, 6) is -0.789. The number of ether oxygens (including phenoxy) is 2.